The largest absolute Gasteiger partial charge is 0.393 e. The summed E-state index contributed by atoms with van der Waals surface area (Å²) in [6.07, 6.45) is 7.56. The summed E-state index contributed by atoms with van der Waals surface area (Å²) >= 11 is 0. The summed E-state index contributed by atoms with van der Waals surface area (Å²) < 4.78 is 0. The van der Waals surface area contributed by atoms with Crippen molar-refractivity contribution >= 4 is 5.78 Å². The van der Waals surface area contributed by atoms with Crippen molar-refractivity contribution in [3.8, 4) is 0 Å². The lowest BCUT2D eigenvalue weighted by Crippen LogP contribution is -2.57. The minimum Gasteiger partial charge on any atom is -0.393 e. The van der Waals surface area contributed by atoms with Gasteiger partial charge in [-0.1, -0.05) is 19.4 Å². The molecule has 0 saturated heterocycles. The summed E-state index contributed by atoms with van der Waals surface area (Å²) in [5, 5.41) is 21.4. The molecule has 4 aliphatic rings. The van der Waals surface area contributed by atoms with E-state index in [0.717, 1.165) is 38.5 Å². The molecule has 0 amide bonds. The van der Waals surface area contributed by atoms with E-state index in [1.165, 1.54) is 5.57 Å². The molecule has 2 N–H and O–H groups in total. The Morgan fingerprint density at radius 2 is 1.91 bits per heavy atom. The van der Waals surface area contributed by atoms with Crippen LogP contribution in [0.3, 0.4) is 0 Å². The van der Waals surface area contributed by atoms with E-state index in [2.05, 4.69) is 13.8 Å². The SMILES string of the molecule is C[C@]12C[C@H](O)[C@@H]3[C@@H](CCC4=CC(=O)CC[C@@]43C)[C@H]1CC[C@@H]2O. The Balaban J connectivity index is 1.74. The zero-order chi connectivity index (χ0) is 15.7. The Labute approximate surface area is 132 Å². The fourth-order valence-electron chi connectivity index (χ4n) is 6.66. The molecule has 0 aromatic heterocycles. The van der Waals surface area contributed by atoms with Gasteiger partial charge in [0.1, 0.15) is 0 Å². The number of aliphatic hydroxyl groups excluding tert-OH is 2. The molecule has 122 valence electrons. The number of aliphatic hydroxyl groups is 2. The smallest absolute Gasteiger partial charge is 0.155 e. The number of ketones is 1. The first-order valence-electron chi connectivity index (χ1n) is 8.96. The molecule has 4 aliphatic carbocycles. The van der Waals surface area contributed by atoms with Gasteiger partial charge < -0.3 is 10.2 Å². The van der Waals surface area contributed by atoms with Gasteiger partial charge in [0, 0.05) is 6.42 Å². The molecule has 3 saturated carbocycles. The summed E-state index contributed by atoms with van der Waals surface area (Å²) in [6.45, 7) is 4.46. The molecule has 22 heavy (non-hydrogen) atoms. The van der Waals surface area contributed by atoms with Crippen LogP contribution in [0.2, 0.25) is 0 Å². The van der Waals surface area contributed by atoms with Gasteiger partial charge in [-0.05, 0) is 73.2 Å². The Bertz CT molecular complexity index is 539. The van der Waals surface area contributed by atoms with Crippen molar-refractivity contribution in [2.24, 2.45) is 28.6 Å². The van der Waals surface area contributed by atoms with E-state index in [-0.39, 0.29) is 34.7 Å². The van der Waals surface area contributed by atoms with Gasteiger partial charge in [0.05, 0.1) is 12.2 Å². The summed E-state index contributed by atoms with van der Waals surface area (Å²) in [5.74, 6) is 1.56. The van der Waals surface area contributed by atoms with Crippen LogP contribution in [0.4, 0.5) is 0 Å². The molecule has 3 nitrogen and oxygen atoms in total. The van der Waals surface area contributed by atoms with E-state index in [1.54, 1.807) is 0 Å². The van der Waals surface area contributed by atoms with Gasteiger partial charge in [-0.2, -0.15) is 0 Å². The number of hydrogen-bond donors (Lipinski definition) is 2. The van der Waals surface area contributed by atoms with Crippen LogP contribution in [0.25, 0.3) is 0 Å². The Hall–Kier alpha value is -0.670. The molecule has 0 aromatic carbocycles. The molecule has 0 unspecified atom stereocenters. The first kappa shape index (κ1) is 14.9. The van der Waals surface area contributed by atoms with Gasteiger partial charge in [0.2, 0.25) is 0 Å². The van der Waals surface area contributed by atoms with Crippen molar-refractivity contribution in [1.29, 1.82) is 0 Å². The highest BCUT2D eigenvalue weighted by atomic mass is 16.3. The third kappa shape index (κ3) is 1.78. The van der Waals surface area contributed by atoms with Gasteiger partial charge in [-0.3, -0.25) is 4.79 Å². The third-order valence-electron chi connectivity index (χ3n) is 7.84. The maximum Gasteiger partial charge on any atom is 0.155 e. The minimum atomic E-state index is -0.346. The third-order valence-corrected chi connectivity index (χ3v) is 7.84. The summed E-state index contributed by atoms with van der Waals surface area (Å²) in [6, 6.07) is 0. The van der Waals surface area contributed by atoms with E-state index >= 15 is 0 Å². The molecule has 0 bridgehead atoms. The number of fused-ring (bicyclic) bond motifs is 5. The monoisotopic (exact) mass is 304 g/mol. The molecule has 0 heterocycles. The van der Waals surface area contributed by atoms with Crippen LogP contribution >= 0.6 is 0 Å². The molecule has 3 fully saturated rings. The highest BCUT2D eigenvalue weighted by Gasteiger charge is 2.61. The number of allylic oxidation sites excluding steroid dienone is 1. The minimum absolute atomic E-state index is 0.00881. The highest BCUT2D eigenvalue weighted by molar-refractivity contribution is 5.91. The van der Waals surface area contributed by atoms with Crippen LogP contribution in [0, 0.1) is 28.6 Å². The standard InChI is InChI=1S/C19H28O3/c1-18-8-7-12(20)9-11(18)3-4-13-14-5-6-16(22)19(14,2)10-15(21)17(13)18/h9,13-17,21-22H,3-8,10H2,1-2H3/t13-,14+,15-,16-,17-,18-,19-/m0/s1. The molecule has 0 spiro atoms. The predicted molar refractivity (Wildman–Crippen MR) is 84.1 cm³/mol. The zero-order valence-electron chi connectivity index (χ0n) is 13.7. The van der Waals surface area contributed by atoms with Crippen LogP contribution in [0.1, 0.15) is 58.8 Å². The van der Waals surface area contributed by atoms with Crippen molar-refractivity contribution in [3.63, 3.8) is 0 Å². The molecule has 0 aromatic rings. The Kier molecular flexibility index (Phi) is 3.16. The van der Waals surface area contributed by atoms with Gasteiger partial charge in [-0.15, -0.1) is 0 Å². The average Bonchev–Trinajstić information content (AvgIpc) is 2.75. The molecular formula is C19H28O3. The van der Waals surface area contributed by atoms with E-state index < -0.39 is 0 Å². The first-order chi connectivity index (χ1) is 10.4. The van der Waals surface area contributed by atoms with Crippen molar-refractivity contribution < 1.29 is 15.0 Å². The van der Waals surface area contributed by atoms with E-state index in [1.807, 2.05) is 6.08 Å². The van der Waals surface area contributed by atoms with E-state index in [4.69, 9.17) is 0 Å². The maximum atomic E-state index is 11.8. The molecule has 4 rings (SSSR count). The number of hydrogen-bond acceptors (Lipinski definition) is 3. The second-order valence-corrected chi connectivity index (χ2v) is 8.76. The van der Waals surface area contributed by atoms with Gasteiger partial charge in [0.15, 0.2) is 5.78 Å². The molecule has 0 aliphatic heterocycles. The fourth-order valence-corrected chi connectivity index (χ4v) is 6.66. The van der Waals surface area contributed by atoms with Crippen LogP contribution < -0.4 is 0 Å². The topological polar surface area (TPSA) is 57.5 Å². The zero-order valence-corrected chi connectivity index (χ0v) is 13.7. The average molecular weight is 304 g/mol. The summed E-state index contributed by atoms with van der Waals surface area (Å²) in [7, 11) is 0. The second kappa shape index (κ2) is 4.67. The first-order valence-corrected chi connectivity index (χ1v) is 8.96. The number of rotatable bonds is 0. The van der Waals surface area contributed by atoms with Gasteiger partial charge in [-0.25, -0.2) is 0 Å². The van der Waals surface area contributed by atoms with Crippen molar-refractivity contribution in [1.82, 2.24) is 0 Å². The van der Waals surface area contributed by atoms with Crippen molar-refractivity contribution in [2.45, 2.75) is 71.0 Å². The molecular weight excluding hydrogens is 276 g/mol. The van der Waals surface area contributed by atoms with Gasteiger partial charge >= 0.3 is 0 Å². The second-order valence-electron chi connectivity index (χ2n) is 8.76. The highest BCUT2D eigenvalue weighted by Crippen LogP contribution is 2.65. The lowest BCUT2D eigenvalue weighted by atomic mass is 9.46. The van der Waals surface area contributed by atoms with Crippen LogP contribution in [0.5, 0.6) is 0 Å². The molecule has 0 radical (unpaired) electrons. The number of carbonyl (C=O) groups is 1. The predicted octanol–water partition coefficient (Wildman–Crippen LogP) is 2.85. The lowest BCUT2D eigenvalue weighted by molar-refractivity contribution is -0.142. The van der Waals surface area contributed by atoms with Gasteiger partial charge in [0.25, 0.3) is 0 Å². The van der Waals surface area contributed by atoms with E-state index in [9.17, 15) is 15.0 Å². The quantitative estimate of drug-likeness (QED) is 0.723. The summed E-state index contributed by atoms with van der Waals surface area (Å²) in [5.41, 5.74) is 1.17. The van der Waals surface area contributed by atoms with Crippen LogP contribution in [-0.2, 0) is 4.79 Å². The van der Waals surface area contributed by atoms with Crippen LogP contribution in [-0.4, -0.2) is 28.2 Å². The number of carbonyl (C=O) groups excluding carboxylic acids is 1. The van der Waals surface area contributed by atoms with Crippen molar-refractivity contribution in [2.75, 3.05) is 0 Å². The fraction of sp³-hybridized carbons (Fsp3) is 0.842. The van der Waals surface area contributed by atoms with E-state index in [0.29, 0.717) is 18.3 Å². The van der Waals surface area contributed by atoms with Crippen molar-refractivity contribution in [3.05, 3.63) is 11.6 Å². The maximum absolute atomic E-state index is 11.8. The molecule has 7 atom stereocenters. The summed E-state index contributed by atoms with van der Waals surface area (Å²) in [4.78, 5) is 11.8. The Morgan fingerprint density at radius 1 is 1.14 bits per heavy atom. The normalized spacial score (nSPS) is 54.3. The Morgan fingerprint density at radius 3 is 2.68 bits per heavy atom. The molecule has 3 heteroatoms. The lowest BCUT2D eigenvalue weighted by Gasteiger charge is -2.59. The van der Waals surface area contributed by atoms with Crippen LogP contribution in [0.15, 0.2) is 11.6 Å².